The normalized spacial score (nSPS) is 24.8. The smallest absolute Gasteiger partial charge is 0.334 e. The Kier molecular flexibility index (Phi) is 24.1. The Morgan fingerprint density at radius 2 is 1.25 bits per heavy atom. The number of ether oxygens (including phenoxy) is 7. The molecule has 2 saturated heterocycles. The zero-order chi connectivity index (χ0) is 41.5. The molecule has 10 heteroatoms. The molecule has 0 amide bonds. The van der Waals surface area contributed by atoms with E-state index in [1.54, 1.807) is 14.2 Å². The van der Waals surface area contributed by atoms with Gasteiger partial charge in [0.25, 0.3) is 0 Å². The molecule has 9 nitrogen and oxygen atoms in total. The number of hydrogen-bond acceptors (Lipinski definition) is 9. The lowest BCUT2D eigenvalue weighted by atomic mass is 10.0. The van der Waals surface area contributed by atoms with Gasteiger partial charge in [-0.15, -0.1) is 0 Å². The molecule has 0 N–H and O–H groups in total. The molecule has 0 saturated carbocycles. The number of carbonyl (C=O) groups is 1. The summed E-state index contributed by atoms with van der Waals surface area (Å²) < 4.78 is 48.2. The van der Waals surface area contributed by atoms with Crippen molar-refractivity contribution < 1.29 is 42.4 Å². The Balaban J connectivity index is 1.37. The largest absolute Gasteiger partial charge is 0.455 e. The van der Waals surface area contributed by atoms with Gasteiger partial charge in [-0.2, -0.15) is 0 Å². The molecule has 0 aromatic rings. The lowest BCUT2D eigenvalue weighted by molar-refractivity contribution is -0.141. The molecular weight excluding hydrogens is 737 g/mol. The molecule has 0 unspecified atom stereocenters. The van der Waals surface area contributed by atoms with E-state index in [-0.39, 0.29) is 73.4 Å². The van der Waals surface area contributed by atoms with Crippen molar-refractivity contribution in [3.05, 3.63) is 36.0 Å². The van der Waals surface area contributed by atoms with Gasteiger partial charge in [0.1, 0.15) is 31.9 Å². The minimum Gasteiger partial charge on any atom is -0.455 e. The van der Waals surface area contributed by atoms with Crippen LogP contribution in [0.5, 0.6) is 0 Å². The number of methoxy groups -OCH3 is 2. The van der Waals surface area contributed by atoms with Gasteiger partial charge in [-0.05, 0) is 88.9 Å². The van der Waals surface area contributed by atoms with E-state index in [1.807, 2.05) is 13.0 Å². The fourth-order valence-electron chi connectivity index (χ4n) is 7.94. The first-order chi connectivity index (χ1) is 27.4. The first-order valence-electron chi connectivity index (χ1n) is 22.8. The Morgan fingerprint density at radius 3 is 1.70 bits per heavy atom. The molecule has 3 rings (SSSR count). The van der Waals surface area contributed by atoms with Crippen LogP contribution in [0.1, 0.15) is 163 Å². The van der Waals surface area contributed by atoms with Gasteiger partial charge in [0.2, 0.25) is 0 Å². The average molecular weight is 821 g/mol. The zero-order valence-corrected chi connectivity index (χ0v) is 38.7. The molecule has 0 aromatic carbocycles. The Hall–Kier alpha value is -1.37. The van der Waals surface area contributed by atoms with Crippen LogP contribution in [0.3, 0.4) is 0 Å². The standard InChI is InChI=1S/C47H84O9Si/c1-10-11-12-13-14-18-21-24-27-40(51-35-49-6)42-29-31-44(54-42)45-32-30-43(55-45)41(52-36-50-7)28-25-22-19-16-15-17-20-23-26-39(56-57(8,9)47(3,4)5)34-38-33-37(2)53-46(38)48/h24-25,27-28,33,37,39-45H,10-23,26,29-32,34-36H2,1-9H3/b27-24+,28-25+/t37-,39+,40+,41+,42+,43+,44+,45+/m0/s1. The number of hydrogen-bond donors (Lipinski definition) is 0. The van der Waals surface area contributed by atoms with Crippen LogP contribution >= 0.6 is 0 Å². The highest BCUT2D eigenvalue weighted by molar-refractivity contribution is 6.74. The van der Waals surface area contributed by atoms with E-state index in [9.17, 15) is 4.79 Å². The molecular formula is C47H84O9Si. The second-order valence-electron chi connectivity index (χ2n) is 18.3. The minimum atomic E-state index is -1.95. The SMILES string of the molecule is CCCCCCCC/C=C/[C@@H](OCOC)[C@H]1CC[C@H]([C@H]2CC[C@H]([C@@H](/C=C/CCCCCCCC[C@H](CC3=C[C@H](C)OC3=O)O[Si](C)(C)C(C)(C)C)OCOC)O2)O1. The molecule has 57 heavy (non-hydrogen) atoms. The summed E-state index contributed by atoms with van der Waals surface area (Å²) in [6.07, 6.45) is 33.2. The topological polar surface area (TPSA) is 90.9 Å². The summed E-state index contributed by atoms with van der Waals surface area (Å²) in [5.74, 6) is -0.176. The van der Waals surface area contributed by atoms with Crippen molar-refractivity contribution in [3.8, 4) is 0 Å². The third-order valence-electron chi connectivity index (χ3n) is 12.3. The number of unbranched alkanes of at least 4 members (excludes halogenated alkanes) is 12. The van der Waals surface area contributed by atoms with Crippen LogP contribution in [0, 0.1) is 0 Å². The van der Waals surface area contributed by atoms with Crippen molar-refractivity contribution in [2.75, 3.05) is 27.8 Å². The fraction of sp³-hybridized carbons (Fsp3) is 0.851. The summed E-state index contributed by atoms with van der Waals surface area (Å²) in [6.45, 7) is 16.1. The molecule has 3 heterocycles. The number of cyclic esters (lactones) is 1. The lowest BCUT2D eigenvalue weighted by Crippen LogP contribution is -2.44. The van der Waals surface area contributed by atoms with Crippen LogP contribution in [0.4, 0.5) is 0 Å². The molecule has 2 fully saturated rings. The van der Waals surface area contributed by atoms with E-state index < -0.39 is 8.32 Å². The molecule has 3 aliphatic heterocycles. The molecule has 0 spiro atoms. The predicted molar refractivity (Wildman–Crippen MR) is 233 cm³/mol. The van der Waals surface area contributed by atoms with Crippen LogP contribution < -0.4 is 0 Å². The second-order valence-corrected chi connectivity index (χ2v) is 23.0. The number of esters is 1. The Labute approximate surface area is 349 Å². The van der Waals surface area contributed by atoms with Crippen LogP contribution in [0.25, 0.3) is 0 Å². The summed E-state index contributed by atoms with van der Waals surface area (Å²) >= 11 is 0. The summed E-state index contributed by atoms with van der Waals surface area (Å²) in [7, 11) is 1.38. The number of allylic oxidation sites excluding steroid dienone is 2. The maximum Gasteiger partial charge on any atom is 0.334 e. The van der Waals surface area contributed by atoms with E-state index in [0.29, 0.717) is 6.42 Å². The van der Waals surface area contributed by atoms with Gasteiger partial charge in [0, 0.05) is 32.3 Å². The first-order valence-corrected chi connectivity index (χ1v) is 25.7. The predicted octanol–water partition coefficient (Wildman–Crippen LogP) is 11.7. The van der Waals surface area contributed by atoms with Crippen molar-refractivity contribution >= 4 is 14.3 Å². The average Bonchev–Trinajstić information content (AvgIpc) is 3.92. The van der Waals surface area contributed by atoms with Gasteiger partial charge in [-0.3, -0.25) is 0 Å². The van der Waals surface area contributed by atoms with E-state index in [0.717, 1.165) is 63.4 Å². The first kappa shape index (κ1) is 50.0. The third-order valence-corrected chi connectivity index (χ3v) is 16.8. The summed E-state index contributed by atoms with van der Waals surface area (Å²) in [4.78, 5) is 12.4. The van der Waals surface area contributed by atoms with Crippen molar-refractivity contribution in [2.45, 2.75) is 230 Å². The van der Waals surface area contributed by atoms with E-state index in [4.69, 9.17) is 37.6 Å². The lowest BCUT2D eigenvalue weighted by Gasteiger charge is -2.39. The maximum absolute atomic E-state index is 12.4. The fourth-order valence-corrected chi connectivity index (χ4v) is 9.33. The summed E-state index contributed by atoms with van der Waals surface area (Å²) in [6, 6.07) is 0. The van der Waals surface area contributed by atoms with Gasteiger partial charge in [-0.1, -0.05) is 116 Å². The molecule has 3 aliphatic rings. The molecule has 0 aromatic heterocycles. The highest BCUT2D eigenvalue weighted by atomic mass is 28.4. The van der Waals surface area contributed by atoms with Gasteiger partial charge in [0.05, 0.1) is 24.4 Å². The molecule has 8 atom stereocenters. The monoisotopic (exact) mass is 821 g/mol. The van der Waals surface area contributed by atoms with E-state index in [1.165, 1.54) is 64.2 Å². The van der Waals surface area contributed by atoms with Crippen molar-refractivity contribution in [3.63, 3.8) is 0 Å². The molecule has 330 valence electrons. The van der Waals surface area contributed by atoms with Crippen LogP contribution in [-0.2, 0) is 42.4 Å². The summed E-state index contributed by atoms with van der Waals surface area (Å²) in [5.41, 5.74) is 0.782. The number of carbonyl (C=O) groups excluding carboxylic acids is 1. The molecule has 0 bridgehead atoms. The van der Waals surface area contributed by atoms with Crippen LogP contribution in [0.15, 0.2) is 36.0 Å². The molecule has 0 aliphatic carbocycles. The maximum atomic E-state index is 12.4. The highest BCUT2D eigenvalue weighted by Crippen LogP contribution is 2.39. The Bertz CT molecular complexity index is 1180. The van der Waals surface area contributed by atoms with Gasteiger partial charge in [0.15, 0.2) is 8.32 Å². The Morgan fingerprint density at radius 1 is 0.754 bits per heavy atom. The van der Waals surface area contributed by atoms with E-state index >= 15 is 0 Å². The highest BCUT2D eigenvalue weighted by Gasteiger charge is 2.42. The van der Waals surface area contributed by atoms with Gasteiger partial charge in [-0.25, -0.2) is 4.79 Å². The van der Waals surface area contributed by atoms with Gasteiger partial charge < -0.3 is 37.6 Å². The molecule has 0 radical (unpaired) electrons. The van der Waals surface area contributed by atoms with E-state index in [2.05, 4.69) is 65.1 Å². The van der Waals surface area contributed by atoms with Crippen molar-refractivity contribution in [1.29, 1.82) is 0 Å². The van der Waals surface area contributed by atoms with Gasteiger partial charge >= 0.3 is 5.97 Å². The zero-order valence-electron chi connectivity index (χ0n) is 37.7. The number of rotatable bonds is 31. The van der Waals surface area contributed by atoms with Crippen LogP contribution in [-0.4, -0.2) is 90.9 Å². The van der Waals surface area contributed by atoms with Crippen LogP contribution in [0.2, 0.25) is 18.1 Å². The minimum absolute atomic E-state index is 0.00902. The van der Waals surface area contributed by atoms with Crippen molar-refractivity contribution in [1.82, 2.24) is 0 Å². The quantitative estimate of drug-likeness (QED) is 0.0223. The van der Waals surface area contributed by atoms with Crippen molar-refractivity contribution in [2.24, 2.45) is 0 Å². The summed E-state index contributed by atoms with van der Waals surface area (Å²) in [5, 5.41) is 0.128. The third kappa shape index (κ3) is 18.8. The second kappa shape index (κ2) is 27.5.